The van der Waals surface area contributed by atoms with Gasteiger partial charge in [-0.2, -0.15) is 0 Å². The van der Waals surface area contributed by atoms with Crippen molar-refractivity contribution in [2.75, 3.05) is 0 Å². The normalized spacial score (nSPS) is 11.8. The predicted octanol–water partition coefficient (Wildman–Crippen LogP) is 9.84. The molecule has 0 N–H and O–H groups in total. The Morgan fingerprint density at radius 3 is 1.30 bits per heavy atom. The topological polar surface area (TPSA) is 4.41 Å². The summed E-state index contributed by atoms with van der Waals surface area (Å²) in [5.41, 5.74) is 11.3. The van der Waals surface area contributed by atoms with Gasteiger partial charge in [-0.3, -0.25) is 0 Å². The minimum absolute atomic E-state index is 1.23. The minimum Gasteiger partial charge on any atom is -0.308 e. The van der Waals surface area contributed by atoms with Gasteiger partial charge in [-0.05, 0) is 69.8 Å². The predicted molar refractivity (Wildman–Crippen MR) is 157 cm³/mol. The molecule has 0 saturated carbocycles. The van der Waals surface area contributed by atoms with Gasteiger partial charge in [0, 0.05) is 21.5 Å². The second-order valence-corrected chi connectivity index (χ2v) is 9.82. The third-order valence-corrected chi connectivity index (χ3v) is 7.70. The molecule has 0 fully saturated rings. The summed E-state index contributed by atoms with van der Waals surface area (Å²) in [6.45, 7) is 0. The first kappa shape index (κ1) is 20.3. The lowest BCUT2D eigenvalue weighted by Crippen LogP contribution is -1.84. The summed E-state index contributed by atoms with van der Waals surface area (Å²) in [5.74, 6) is 0. The largest absolute Gasteiger partial charge is 0.308 e. The number of hydrogen-bond acceptors (Lipinski definition) is 0. The van der Waals surface area contributed by atoms with E-state index in [1.165, 1.54) is 71.5 Å². The van der Waals surface area contributed by atoms with Crippen LogP contribution in [0, 0.1) is 0 Å². The van der Waals surface area contributed by atoms with Gasteiger partial charge < -0.3 is 4.40 Å². The lowest BCUT2D eigenvalue weighted by Gasteiger charge is -2.09. The van der Waals surface area contributed by atoms with Crippen LogP contribution in [0.15, 0.2) is 140 Å². The molecule has 37 heavy (non-hydrogen) atoms. The van der Waals surface area contributed by atoms with E-state index in [-0.39, 0.29) is 0 Å². The summed E-state index contributed by atoms with van der Waals surface area (Å²) in [4.78, 5) is 0. The lowest BCUT2D eigenvalue weighted by atomic mass is 9.95. The molecule has 8 rings (SSSR count). The van der Waals surface area contributed by atoms with Gasteiger partial charge in [-0.15, -0.1) is 0 Å². The lowest BCUT2D eigenvalue weighted by molar-refractivity contribution is 1.37. The molecule has 0 bridgehead atoms. The van der Waals surface area contributed by atoms with Gasteiger partial charge in [0.15, 0.2) is 0 Å². The highest BCUT2D eigenvalue weighted by Gasteiger charge is 2.18. The number of benzene rings is 6. The maximum atomic E-state index is 2.44. The van der Waals surface area contributed by atoms with Crippen LogP contribution in [-0.2, 0) is 0 Å². The van der Waals surface area contributed by atoms with Gasteiger partial charge in [0.05, 0.1) is 16.6 Å². The number of hydrogen-bond donors (Lipinski definition) is 0. The van der Waals surface area contributed by atoms with Crippen molar-refractivity contribution in [2.24, 2.45) is 0 Å². The number of aromatic nitrogens is 1. The molecule has 0 atom stereocenters. The Labute approximate surface area is 215 Å². The van der Waals surface area contributed by atoms with Crippen molar-refractivity contribution in [1.29, 1.82) is 0 Å². The van der Waals surface area contributed by atoms with E-state index >= 15 is 0 Å². The van der Waals surface area contributed by atoms with Gasteiger partial charge in [0.25, 0.3) is 0 Å². The third kappa shape index (κ3) is 3.04. The Kier molecular flexibility index (Phi) is 4.29. The van der Waals surface area contributed by atoms with Crippen LogP contribution >= 0.6 is 0 Å². The van der Waals surface area contributed by atoms with Crippen LogP contribution in [-0.4, -0.2) is 4.40 Å². The SMILES string of the molecule is c1ccc(-c2cccc(-c3cccc(-c4cc5c6ccccc6n6c7ccccc7c(c4)c56)c3)c2)cc1. The van der Waals surface area contributed by atoms with Crippen LogP contribution in [0.5, 0.6) is 0 Å². The number of para-hydroxylation sites is 2. The maximum absolute atomic E-state index is 2.44. The minimum atomic E-state index is 1.23. The first-order valence-electron chi connectivity index (χ1n) is 12.8. The highest BCUT2D eigenvalue weighted by Crippen LogP contribution is 2.42. The molecule has 1 heteroatoms. The molecule has 8 aromatic rings. The quantitative estimate of drug-likeness (QED) is 0.242. The average molecular weight is 470 g/mol. The molecule has 0 spiro atoms. The van der Waals surface area contributed by atoms with Crippen LogP contribution in [0.4, 0.5) is 0 Å². The van der Waals surface area contributed by atoms with E-state index in [1.807, 2.05) is 0 Å². The van der Waals surface area contributed by atoms with Crippen LogP contribution in [0.25, 0.3) is 71.5 Å². The van der Waals surface area contributed by atoms with Crippen molar-refractivity contribution >= 4 is 38.1 Å². The molecule has 0 aliphatic carbocycles. The fourth-order valence-corrected chi connectivity index (χ4v) is 6.00. The molecule has 0 radical (unpaired) electrons. The van der Waals surface area contributed by atoms with Crippen molar-refractivity contribution in [3.05, 3.63) is 140 Å². The van der Waals surface area contributed by atoms with Gasteiger partial charge >= 0.3 is 0 Å². The van der Waals surface area contributed by atoms with Crippen LogP contribution in [0.3, 0.4) is 0 Å². The molecule has 1 nitrogen and oxygen atoms in total. The van der Waals surface area contributed by atoms with E-state index in [1.54, 1.807) is 0 Å². The first-order valence-corrected chi connectivity index (χ1v) is 12.8. The highest BCUT2D eigenvalue weighted by atomic mass is 14.9. The maximum Gasteiger partial charge on any atom is 0.0620 e. The van der Waals surface area contributed by atoms with Crippen LogP contribution < -0.4 is 0 Å². The Hall–Kier alpha value is -4.88. The van der Waals surface area contributed by atoms with E-state index < -0.39 is 0 Å². The molecule has 2 heterocycles. The Bertz CT molecular complexity index is 2000. The molecular weight excluding hydrogens is 446 g/mol. The van der Waals surface area contributed by atoms with Crippen LogP contribution in [0.2, 0.25) is 0 Å². The van der Waals surface area contributed by atoms with Gasteiger partial charge in [-0.1, -0.05) is 103 Å². The zero-order valence-corrected chi connectivity index (χ0v) is 20.2. The Morgan fingerprint density at radius 1 is 0.297 bits per heavy atom. The van der Waals surface area contributed by atoms with Crippen molar-refractivity contribution in [2.45, 2.75) is 0 Å². The van der Waals surface area contributed by atoms with E-state index in [0.717, 1.165) is 0 Å². The summed E-state index contributed by atoms with van der Waals surface area (Å²) in [6.07, 6.45) is 0. The van der Waals surface area contributed by atoms with Gasteiger partial charge in [-0.25, -0.2) is 0 Å². The third-order valence-electron chi connectivity index (χ3n) is 7.70. The number of rotatable bonds is 3. The molecule has 2 aromatic heterocycles. The Morgan fingerprint density at radius 2 is 0.730 bits per heavy atom. The molecular formula is C36H23N. The highest BCUT2D eigenvalue weighted by molar-refractivity contribution is 6.24. The monoisotopic (exact) mass is 469 g/mol. The Balaban J connectivity index is 1.34. The average Bonchev–Trinajstić information content (AvgIpc) is 3.49. The summed E-state index contributed by atoms with van der Waals surface area (Å²) >= 11 is 0. The first-order chi connectivity index (χ1) is 18.3. The van der Waals surface area contributed by atoms with Gasteiger partial charge in [0.1, 0.15) is 0 Å². The van der Waals surface area contributed by atoms with E-state index in [2.05, 4.69) is 144 Å². The molecule has 6 aromatic carbocycles. The molecule has 0 amide bonds. The van der Waals surface area contributed by atoms with Crippen molar-refractivity contribution in [3.8, 4) is 33.4 Å². The smallest absolute Gasteiger partial charge is 0.0620 e. The van der Waals surface area contributed by atoms with Crippen molar-refractivity contribution in [1.82, 2.24) is 4.40 Å². The molecule has 172 valence electrons. The second kappa shape index (κ2) is 7.81. The fourth-order valence-electron chi connectivity index (χ4n) is 6.00. The van der Waals surface area contributed by atoms with E-state index in [0.29, 0.717) is 0 Å². The number of nitrogens with zero attached hydrogens (tertiary/aromatic N) is 1. The fraction of sp³-hybridized carbons (Fsp3) is 0. The van der Waals surface area contributed by atoms with Crippen molar-refractivity contribution in [3.63, 3.8) is 0 Å². The number of fused-ring (bicyclic) bond motifs is 6. The molecule has 0 aliphatic rings. The van der Waals surface area contributed by atoms with E-state index in [4.69, 9.17) is 0 Å². The standard InChI is InChI=1S/C36H23N/c1-2-10-24(11-3-1)25-12-8-13-26(20-25)27-14-9-15-28(21-27)29-22-32-30-16-4-6-18-34(30)37-35-19-7-5-17-31(35)33(23-29)36(32)37/h1-23H. The summed E-state index contributed by atoms with van der Waals surface area (Å²) in [7, 11) is 0. The van der Waals surface area contributed by atoms with Gasteiger partial charge in [0.2, 0.25) is 0 Å². The zero-order chi connectivity index (χ0) is 24.3. The van der Waals surface area contributed by atoms with E-state index in [9.17, 15) is 0 Å². The summed E-state index contributed by atoms with van der Waals surface area (Å²) < 4.78 is 2.44. The molecule has 0 saturated heterocycles. The summed E-state index contributed by atoms with van der Waals surface area (Å²) in [5, 5.41) is 5.25. The summed E-state index contributed by atoms with van der Waals surface area (Å²) in [6, 6.07) is 50.7. The van der Waals surface area contributed by atoms with Crippen molar-refractivity contribution < 1.29 is 0 Å². The van der Waals surface area contributed by atoms with Crippen LogP contribution in [0.1, 0.15) is 0 Å². The second-order valence-electron chi connectivity index (χ2n) is 9.82. The molecule has 0 unspecified atom stereocenters. The molecule has 0 aliphatic heterocycles. The zero-order valence-electron chi connectivity index (χ0n) is 20.2.